The number of carbonyl (C=O) groups excluding carboxylic acids is 3. The lowest BCUT2D eigenvalue weighted by Crippen LogP contribution is -2.54. The van der Waals surface area contributed by atoms with Crippen LogP contribution in [0.25, 0.3) is 0 Å². The number of benzene rings is 2. The lowest BCUT2D eigenvalue weighted by atomic mass is 9.75. The number of nitrogens with zero attached hydrogens (tertiary/aromatic N) is 3. The number of amides is 3. The van der Waals surface area contributed by atoms with E-state index in [4.69, 9.17) is 0 Å². The smallest absolute Gasteiger partial charge is 0.274 e. The number of rotatable bonds is 2. The van der Waals surface area contributed by atoms with Gasteiger partial charge in [0.1, 0.15) is 5.54 Å². The van der Waals surface area contributed by atoms with Gasteiger partial charge in [0.15, 0.2) is 0 Å². The van der Waals surface area contributed by atoms with E-state index in [1.54, 1.807) is 19.1 Å². The number of nitro groups is 1. The molecule has 4 atom stereocenters. The van der Waals surface area contributed by atoms with Crippen LogP contribution in [0.2, 0.25) is 0 Å². The Kier molecular flexibility index (Phi) is 4.15. The highest BCUT2D eigenvalue weighted by Crippen LogP contribution is 2.61. The monoisotopic (exact) mass is 460 g/mol. The fourth-order valence-electron chi connectivity index (χ4n) is 6.85. The van der Waals surface area contributed by atoms with Crippen LogP contribution in [0, 0.1) is 42.7 Å². The van der Waals surface area contributed by atoms with Gasteiger partial charge in [-0.15, -0.1) is 0 Å². The average molecular weight is 460 g/mol. The number of imide groups is 1. The highest BCUT2D eigenvalue weighted by molar-refractivity contribution is 6.26. The first-order valence-electron chi connectivity index (χ1n) is 11.5. The molecule has 4 aliphatic rings. The van der Waals surface area contributed by atoms with Gasteiger partial charge in [0.05, 0.1) is 22.4 Å². The standard InChI is InChI=1S/C25H24N4O5/c1-12-9-14(3)21-16(10-12)25(24(32)26-21)20-19(17-5-4-8-27(17)25)22(30)28(23(20)31)15-7-6-13(2)18(11-15)29(33)34/h6-7,9-11,17,19-20H,4-5,8H2,1-3H3,(H,26,32)/t17-,19-,20+,25-/m1/s1. The number of hydrogen-bond acceptors (Lipinski definition) is 6. The third-order valence-corrected chi connectivity index (χ3v) is 8.09. The molecule has 3 fully saturated rings. The van der Waals surface area contributed by atoms with E-state index in [1.165, 1.54) is 6.07 Å². The largest absolute Gasteiger partial charge is 0.324 e. The molecule has 9 heteroatoms. The van der Waals surface area contributed by atoms with Gasteiger partial charge in [-0.2, -0.15) is 0 Å². The molecule has 174 valence electrons. The first-order chi connectivity index (χ1) is 16.2. The molecule has 3 saturated heterocycles. The summed E-state index contributed by atoms with van der Waals surface area (Å²) in [5.41, 5.74) is 2.59. The topological polar surface area (TPSA) is 113 Å². The number of nitrogens with one attached hydrogen (secondary N) is 1. The van der Waals surface area contributed by atoms with Crippen LogP contribution in [-0.2, 0) is 19.9 Å². The van der Waals surface area contributed by atoms with Crippen LogP contribution >= 0.6 is 0 Å². The number of fused-ring (bicyclic) bond motifs is 7. The number of carbonyl (C=O) groups is 3. The molecule has 9 nitrogen and oxygen atoms in total. The van der Waals surface area contributed by atoms with E-state index in [1.807, 2.05) is 26.0 Å². The van der Waals surface area contributed by atoms with Gasteiger partial charge < -0.3 is 5.32 Å². The number of nitro benzene ring substituents is 1. The zero-order chi connectivity index (χ0) is 24.1. The van der Waals surface area contributed by atoms with Gasteiger partial charge >= 0.3 is 0 Å². The molecule has 4 heterocycles. The number of anilines is 2. The van der Waals surface area contributed by atoms with Gasteiger partial charge in [0.2, 0.25) is 17.7 Å². The average Bonchev–Trinajstić information content (AvgIpc) is 3.48. The zero-order valence-corrected chi connectivity index (χ0v) is 19.1. The van der Waals surface area contributed by atoms with Crippen molar-refractivity contribution in [1.29, 1.82) is 0 Å². The normalized spacial score (nSPS) is 29.6. The first-order valence-corrected chi connectivity index (χ1v) is 11.5. The fraction of sp³-hybridized carbons (Fsp3) is 0.400. The van der Waals surface area contributed by atoms with Crippen LogP contribution in [-0.4, -0.2) is 40.1 Å². The van der Waals surface area contributed by atoms with E-state index in [2.05, 4.69) is 10.2 Å². The summed E-state index contributed by atoms with van der Waals surface area (Å²) >= 11 is 0. The van der Waals surface area contributed by atoms with Crippen LogP contribution < -0.4 is 10.2 Å². The third kappa shape index (κ3) is 2.34. The minimum absolute atomic E-state index is 0.150. The molecule has 1 spiro atoms. The summed E-state index contributed by atoms with van der Waals surface area (Å²) in [6.07, 6.45) is 1.55. The summed E-state index contributed by atoms with van der Waals surface area (Å²) in [6, 6.07) is 8.10. The van der Waals surface area contributed by atoms with Crippen LogP contribution in [0.4, 0.5) is 17.1 Å². The lowest BCUT2D eigenvalue weighted by molar-refractivity contribution is -0.385. The molecule has 34 heavy (non-hydrogen) atoms. The summed E-state index contributed by atoms with van der Waals surface area (Å²) in [5.74, 6) is -2.67. The van der Waals surface area contributed by atoms with Crippen molar-refractivity contribution in [2.75, 3.05) is 16.8 Å². The molecule has 0 unspecified atom stereocenters. The van der Waals surface area contributed by atoms with E-state index < -0.39 is 28.2 Å². The molecule has 3 amide bonds. The maximum atomic E-state index is 14.0. The second-order valence-electron chi connectivity index (χ2n) is 9.87. The van der Waals surface area contributed by atoms with Crippen molar-refractivity contribution in [1.82, 2.24) is 4.90 Å². The zero-order valence-electron chi connectivity index (χ0n) is 19.1. The Balaban J connectivity index is 1.55. The molecule has 0 radical (unpaired) electrons. The van der Waals surface area contributed by atoms with E-state index in [0.717, 1.165) is 34.4 Å². The van der Waals surface area contributed by atoms with Crippen molar-refractivity contribution in [3.05, 3.63) is 62.7 Å². The molecule has 0 aromatic heterocycles. The third-order valence-electron chi connectivity index (χ3n) is 8.09. The fourth-order valence-corrected chi connectivity index (χ4v) is 6.85. The van der Waals surface area contributed by atoms with Gasteiger partial charge in [-0.25, -0.2) is 4.90 Å². The highest BCUT2D eigenvalue weighted by atomic mass is 16.6. The first kappa shape index (κ1) is 21.0. The molecule has 0 aliphatic carbocycles. The Morgan fingerprint density at radius 2 is 1.82 bits per heavy atom. The summed E-state index contributed by atoms with van der Waals surface area (Å²) in [6.45, 7) is 6.13. The summed E-state index contributed by atoms with van der Waals surface area (Å²) in [4.78, 5) is 55.7. The molecule has 0 bridgehead atoms. The predicted molar refractivity (Wildman–Crippen MR) is 123 cm³/mol. The highest BCUT2D eigenvalue weighted by Gasteiger charge is 2.74. The number of aryl methyl sites for hydroxylation is 3. The minimum Gasteiger partial charge on any atom is -0.324 e. The van der Waals surface area contributed by atoms with E-state index >= 15 is 0 Å². The molecule has 1 N–H and O–H groups in total. The van der Waals surface area contributed by atoms with E-state index in [9.17, 15) is 24.5 Å². The molecule has 0 saturated carbocycles. The Hall–Kier alpha value is -3.59. The SMILES string of the molecule is Cc1cc(C)c2c(c1)[C@]1(C(=O)N2)[C@@H]2C(=O)N(c3ccc(C)c([N+](=O)[O-])c3)C(=O)[C@@H]2[C@H]2CCCN21. The van der Waals surface area contributed by atoms with Gasteiger partial charge in [-0.3, -0.25) is 29.4 Å². The van der Waals surface area contributed by atoms with Crippen molar-refractivity contribution in [3.63, 3.8) is 0 Å². The predicted octanol–water partition coefficient (Wildman–Crippen LogP) is 2.95. The maximum absolute atomic E-state index is 14.0. The lowest BCUT2D eigenvalue weighted by Gasteiger charge is -2.36. The Bertz CT molecular complexity index is 1340. The summed E-state index contributed by atoms with van der Waals surface area (Å²) in [7, 11) is 0. The van der Waals surface area contributed by atoms with Gasteiger partial charge in [0.25, 0.3) is 5.69 Å². The van der Waals surface area contributed by atoms with Crippen molar-refractivity contribution in [2.24, 2.45) is 11.8 Å². The quantitative estimate of drug-likeness (QED) is 0.419. The van der Waals surface area contributed by atoms with Gasteiger partial charge in [-0.05, 0) is 51.8 Å². The van der Waals surface area contributed by atoms with Crippen molar-refractivity contribution in [3.8, 4) is 0 Å². The minimum atomic E-state index is -1.25. The van der Waals surface area contributed by atoms with Crippen LogP contribution in [0.1, 0.15) is 35.1 Å². The second kappa shape index (κ2) is 6.73. The molecular weight excluding hydrogens is 436 g/mol. The number of hydrogen-bond donors (Lipinski definition) is 1. The molecule has 6 rings (SSSR count). The van der Waals surface area contributed by atoms with Crippen molar-refractivity contribution < 1.29 is 19.3 Å². The molecule has 2 aromatic rings. The van der Waals surface area contributed by atoms with Crippen molar-refractivity contribution >= 4 is 34.8 Å². The van der Waals surface area contributed by atoms with E-state index in [-0.39, 0.29) is 29.2 Å². The van der Waals surface area contributed by atoms with Gasteiger partial charge in [-0.1, -0.05) is 23.8 Å². The molecular formula is C25H24N4O5. The Morgan fingerprint density at radius 3 is 2.56 bits per heavy atom. The Morgan fingerprint density at radius 1 is 1.06 bits per heavy atom. The molecule has 2 aromatic carbocycles. The summed E-state index contributed by atoms with van der Waals surface area (Å²) in [5, 5.41) is 14.5. The van der Waals surface area contributed by atoms with Gasteiger partial charge in [0, 0.05) is 28.9 Å². The Labute approximate surface area is 195 Å². The van der Waals surface area contributed by atoms with Crippen molar-refractivity contribution in [2.45, 2.75) is 45.2 Å². The second-order valence-corrected chi connectivity index (χ2v) is 9.87. The van der Waals surface area contributed by atoms with Crippen LogP contribution in [0.3, 0.4) is 0 Å². The van der Waals surface area contributed by atoms with Crippen LogP contribution in [0.5, 0.6) is 0 Å². The maximum Gasteiger partial charge on any atom is 0.274 e. The van der Waals surface area contributed by atoms with E-state index in [0.29, 0.717) is 17.8 Å². The summed E-state index contributed by atoms with van der Waals surface area (Å²) < 4.78 is 0. The van der Waals surface area contributed by atoms with Crippen LogP contribution in [0.15, 0.2) is 30.3 Å². The molecule has 4 aliphatic heterocycles.